The Bertz CT molecular complexity index is 325. The predicted octanol–water partition coefficient (Wildman–Crippen LogP) is 0.652. The third-order valence-electron chi connectivity index (χ3n) is 3.06. The third-order valence-corrected chi connectivity index (χ3v) is 3.06. The Labute approximate surface area is 107 Å². The van der Waals surface area contributed by atoms with Gasteiger partial charge in [-0.25, -0.2) is 9.59 Å². The summed E-state index contributed by atoms with van der Waals surface area (Å²) in [4.78, 5) is 24.6. The molecule has 0 aromatic heterocycles. The molecule has 1 aliphatic rings. The van der Waals surface area contributed by atoms with E-state index >= 15 is 0 Å². The summed E-state index contributed by atoms with van der Waals surface area (Å²) in [6.07, 6.45) is 0.912. The van der Waals surface area contributed by atoms with Crippen LogP contribution in [0.5, 0.6) is 0 Å². The number of aliphatic carboxylic acids is 1. The van der Waals surface area contributed by atoms with Crippen molar-refractivity contribution < 1.29 is 19.8 Å². The van der Waals surface area contributed by atoms with E-state index in [9.17, 15) is 14.7 Å². The average molecular weight is 258 g/mol. The van der Waals surface area contributed by atoms with Crippen molar-refractivity contribution in [2.75, 3.05) is 13.1 Å². The Balaban J connectivity index is 2.64. The fourth-order valence-electron chi connectivity index (χ4n) is 2.00. The average Bonchev–Trinajstić information content (AvgIpc) is 2.23. The van der Waals surface area contributed by atoms with Crippen LogP contribution < -0.4 is 5.32 Å². The van der Waals surface area contributed by atoms with E-state index in [1.165, 1.54) is 4.90 Å². The van der Waals surface area contributed by atoms with E-state index in [1.54, 1.807) is 20.8 Å². The molecule has 1 unspecified atom stereocenters. The molecule has 6 nitrogen and oxygen atoms in total. The minimum Gasteiger partial charge on any atom is -0.480 e. The largest absolute Gasteiger partial charge is 0.480 e. The summed E-state index contributed by atoms with van der Waals surface area (Å²) >= 11 is 0. The number of aliphatic hydroxyl groups is 1. The molecule has 2 atom stereocenters. The van der Waals surface area contributed by atoms with Gasteiger partial charge < -0.3 is 20.4 Å². The fraction of sp³-hybridized carbons (Fsp3) is 0.833. The summed E-state index contributed by atoms with van der Waals surface area (Å²) in [5.41, 5.74) is -0.560. The highest BCUT2D eigenvalue weighted by Gasteiger charge is 2.34. The number of hydrogen-bond donors (Lipinski definition) is 3. The quantitative estimate of drug-likeness (QED) is 0.678. The first-order chi connectivity index (χ1) is 8.21. The number of amides is 2. The summed E-state index contributed by atoms with van der Waals surface area (Å²) in [5.74, 6) is -1.05. The van der Waals surface area contributed by atoms with Crippen molar-refractivity contribution in [2.45, 2.75) is 45.8 Å². The molecule has 6 heteroatoms. The highest BCUT2D eigenvalue weighted by molar-refractivity contribution is 5.83. The van der Waals surface area contributed by atoms with Gasteiger partial charge in [0.15, 0.2) is 0 Å². The third kappa shape index (κ3) is 3.87. The molecule has 0 saturated carbocycles. The lowest BCUT2D eigenvalue weighted by molar-refractivity contribution is -0.142. The lowest BCUT2D eigenvalue weighted by Crippen LogP contribution is -2.55. The molecule has 104 valence electrons. The van der Waals surface area contributed by atoms with E-state index in [0.717, 1.165) is 6.42 Å². The molecule has 2 amide bonds. The van der Waals surface area contributed by atoms with Gasteiger partial charge in [0, 0.05) is 13.1 Å². The van der Waals surface area contributed by atoms with Crippen molar-refractivity contribution >= 4 is 12.0 Å². The Morgan fingerprint density at radius 1 is 1.39 bits per heavy atom. The highest BCUT2D eigenvalue weighted by Crippen LogP contribution is 2.20. The Morgan fingerprint density at radius 2 is 2.00 bits per heavy atom. The number of carboxylic acid groups (broad SMARTS) is 1. The number of carboxylic acids is 1. The smallest absolute Gasteiger partial charge is 0.326 e. The molecule has 0 spiro atoms. The summed E-state index contributed by atoms with van der Waals surface area (Å²) in [5, 5.41) is 21.1. The molecule has 0 bridgehead atoms. The lowest BCUT2D eigenvalue weighted by Gasteiger charge is -2.34. The van der Waals surface area contributed by atoms with Gasteiger partial charge in [0.1, 0.15) is 6.04 Å². The number of carbonyl (C=O) groups excluding carboxylic acids is 1. The SMILES string of the molecule is CC(C)(C)[C@H](NC(=O)N1CCCC(O)C1)C(=O)O. The monoisotopic (exact) mass is 258 g/mol. The molecule has 1 fully saturated rings. The Hall–Kier alpha value is -1.30. The van der Waals surface area contributed by atoms with E-state index in [1.807, 2.05) is 0 Å². The van der Waals surface area contributed by atoms with Crippen molar-refractivity contribution in [3.63, 3.8) is 0 Å². The number of nitrogens with one attached hydrogen (secondary N) is 1. The maximum absolute atomic E-state index is 11.9. The van der Waals surface area contributed by atoms with E-state index in [-0.39, 0.29) is 6.54 Å². The molecule has 0 aromatic carbocycles. The lowest BCUT2D eigenvalue weighted by atomic mass is 9.87. The molecule has 0 radical (unpaired) electrons. The minimum absolute atomic E-state index is 0.266. The molecule has 1 saturated heterocycles. The zero-order valence-corrected chi connectivity index (χ0v) is 11.1. The second-order valence-corrected chi connectivity index (χ2v) is 5.83. The van der Waals surface area contributed by atoms with Crippen LogP contribution in [0.2, 0.25) is 0 Å². The van der Waals surface area contributed by atoms with E-state index in [2.05, 4.69) is 5.32 Å². The number of hydrogen-bond acceptors (Lipinski definition) is 3. The van der Waals surface area contributed by atoms with Gasteiger partial charge in [-0.05, 0) is 18.3 Å². The molecule has 0 aromatic rings. The van der Waals surface area contributed by atoms with Crippen LogP contribution in [0.25, 0.3) is 0 Å². The van der Waals surface area contributed by atoms with E-state index < -0.39 is 29.6 Å². The second kappa shape index (κ2) is 5.56. The maximum atomic E-state index is 11.9. The number of nitrogens with zero attached hydrogens (tertiary/aromatic N) is 1. The fourth-order valence-corrected chi connectivity index (χ4v) is 2.00. The Kier molecular flexibility index (Phi) is 4.56. The first-order valence-corrected chi connectivity index (χ1v) is 6.18. The standard InChI is InChI=1S/C12H22N2O4/c1-12(2,3)9(10(16)17)13-11(18)14-6-4-5-8(15)7-14/h8-9,15H,4-7H2,1-3H3,(H,13,18)(H,16,17)/t8?,9-/m1/s1. The molecule has 1 rings (SSSR count). The van der Waals surface area contributed by atoms with Gasteiger partial charge in [-0.2, -0.15) is 0 Å². The number of aliphatic hydroxyl groups excluding tert-OH is 1. The number of rotatable bonds is 2. The van der Waals surface area contributed by atoms with Gasteiger partial charge in [0.25, 0.3) is 0 Å². The van der Waals surface area contributed by atoms with Gasteiger partial charge in [0.2, 0.25) is 0 Å². The zero-order chi connectivity index (χ0) is 13.9. The summed E-state index contributed by atoms with van der Waals surface area (Å²) < 4.78 is 0. The van der Waals surface area contributed by atoms with Crippen LogP contribution in [-0.4, -0.2) is 52.3 Å². The van der Waals surface area contributed by atoms with Gasteiger partial charge in [-0.15, -0.1) is 0 Å². The van der Waals surface area contributed by atoms with Crippen LogP contribution >= 0.6 is 0 Å². The zero-order valence-electron chi connectivity index (χ0n) is 11.1. The van der Waals surface area contributed by atoms with E-state index in [0.29, 0.717) is 13.0 Å². The van der Waals surface area contributed by atoms with Crippen LogP contribution in [0.4, 0.5) is 4.79 Å². The number of urea groups is 1. The minimum atomic E-state index is -1.05. The van der Waals surface area contributed by atoms with Gasteiger partial charge in [-0.3, -0.25) is 0 Å². The predicted molar refractivity (Wildman–Crippen MR) is 66.2 cm³/mol. The number of piperidine rings is 1. The first-order valence-electron chi connectivity index (χ1n) is 6.18. The summed E-state index contributed by atoms with van der Waals surface area (Å²) in [7, 11) is 0. The second-order valence-electron chi connectivity index (χ2n) is 5.83. The van der Waals surface area contributed by atoms with Crippen LogP contribution in [0, 0.1) is 5.41 Å². The molecular weight excluding hydrogens is 236 g/mol. The Morgan fingerprint density at radius 3 is 2.44 bits per heavy atom. The van der Waals surface area contributed by atoms with Crippen LogP contribution in [0.3, 0.4) is 0 Å². The van der Waals surface area contributed by atoms with Crippen molar-refractivity contribution in [3.8, 4) is 0 Å². The number of carbonyl (C=O) groups is 2. The van der Waals surface area contributed by atoms with Crippen LogP contribution in [-0.2, 0) is 4.79 Å². The maximum Gasteiger partial charge on any atom is 0.326 e. The van der Waals surface area contributed by atoms with Gasteiger partial charge >= 0.3 is 12.0 Å². The van der Waals surface area contributed by atoms with Crippen LogP contribution in [0.1, 0.15) is 33.6 Å². The van der Waals surface area contributed by atoms with Crippen molar-refractivity contribution in [2.24, 2.45) is 5.41 Å². The van der Waals surface area contributed by atoms with E-state index in [4.69, 9.17) is 5.11 Å². The van der Waals surface area contributed by atoms with Crippen molar-refractivity contribution in [1.82, 2.24) is 10.2 Å². The molecule has 1 heterocycles. The van der Waals surface area contributed by atoms with Gasteiger partial charge in [0.05, 0.1) is 6.10 Å². The highest BCUT2D eigenvalue weighted by atomic mass is 16.4. The molecular formula is C12H22N2O4. The topological polar surface area (TPSA) is 89.9 Å². The summed E-state index contributed by atoms with van der Waals surface area (Å²) in [6.45, 7) is 6.10. The number of β-amino-alcohol motifs (C(OH)–C–C–N with tert-alkyl or cyclic N) is 1. The normalized spacial score (nSPS) is 22.4. The number of likely N-dealkylation sites (tertiary alicyclic amines) is 1. The molecule has 0 aliphatic carbocycles. The molecule has 1 aliphatic heterocycles. The molecule has 18 heavy (non-hydrogen) atoms. The molecule has 3 N–H and O–H groups in total. The van der Waals surface area contributed by atoms with Crippen molar-refractivity contribution in [1.29, 1.82) is 0 Å². The van der Waals surface area contributed by atoms with Crippen molar-refractivity contribution in [3.05, 3.63) is 0 Å². The first kappa shape index (κ1) is 14.8. The summed E-state index contributed by atoms with van der Waals surface area (Å²) in [6, 6.07) is -1.36. The van der Waals surface area contributed by atoms with Gasteiger partial charge in [-0.1, -0.05) is 20.8 Å². The van der Waals surface area contributed by atoms with Crippen LogP contribution in [0.15, 0.2) is 0 Å².